The van der Waals surface area contributed by atoms with Crippen molar-refractivity contribution >= 4 is 23.6 Å². The van der Waals surface area contributed by atoms with Gasteiger partial charge in [0.05, 0.1) is 0 Å². The molecule has 5 heteroatoms. The minimum Gasteiger partial charge on any atom is -0.354 e. The molecular formula is C26H44N2O2S. The van der Waals surface area contributed by atoms with Crippen LogP contribution in [0.15, 0.2) is 30.3 Å². The molecule has 0 unspecified atom stereocenters. The van der Waals surface area contributed by atoms with Gasteiger partial charge in [-0.1, -0.05) is 108 Å². The molecule has 176 valence electrons. The molecule has 1 aromatic rings. The Hall–Kier alpha value is -1.49. The Kier molecular flexibility index (Phi) is 17.1. The summed E-state index contributed by atoms with van der Waals surface area (Å²) in [6.45, 7) is 4.42. The summed E-state index contributed by atoms with van der Waals surface area (Å²) in [5.41, 5.74) is 1.23. The molecule has 1 rings (SSSR count). The standard InChI is InChI=1S/C26H44N2O2S/c1-3-4-5-6-7-8-9-10-11-12-13-17-20-27-26(30)25(28-23(2)29)22-31-21-24-18-15-14-16-19-24/h14-16,18-19,25H,3-13,17,20-22H2,1-2H3,(H,27,30)(H,28,29)/t25-/m0/s1. The first-order chi connectivity index (χ1) is 15.1. The topological polar surface area (TPSA) is 58.2 Å². The summed E-state index contributed by atoms with van der Waals surface area (Å²) in [6.07, 6.45) is 15.7. The minimum atomic E-state index is -0.469. The molecule has 0 aliphatic rings. The highest BCUT2D eigenvalue weighted by atomic mass is 32.2. The Morgan fingerprint density at radius 1 is 0.839 bits per heavy atom. The number of carbonyl (C=O) groups is 2. The number of rotatable bonds is 19. The van der Waals surface area contributed by atoms with Gasteiger partial charge in [0.25, 0.3) is 0 Å². The molecule has 1 atom stereocenters. The van der Waals surface area contributed by atoms with Crippen molar-refractivity contribution in [3.8, 4) is 0 Å². The van der Waals surface area contributed by atoms with Crippen LogP contribution in [0.1, 0.15) is 96.5 Å². The van der Waals surface area contributed by atoms with Gasteiger partial charge in [-0.05, 0) is 12.0 Å². The van der Waals surface area contributed by atoms with E-state index >= 15 is 0 Å². The Balaban J connectivity index is 2.06. The number of unbranched alkanes of at least 4 members (excludes halogenated alkanes) is 11. The van der Waals surface area contributed by atoms with Crippen LogP contribution in [0.25, 0.3) is 0 Å². The fraction of sp³-hybridized carbons (Fsp3) is 0.692. The number of amides is 2. The predicted molar refractivity (Wildman–Crippen MR) is 134 cm³/mol. The number of hydrogen-bond acceptors (Lipinski definition) is 3. The van der Waals surface area contributed by atoms with Crippen LogP contribution >= 0.6 is 11.8 Å². The summed E-state index contributed by atoms with van der Waals surface area (Å²) in [5.74, 6) is 1.19. The van der Waals surface area contributed by atoms with Crippen molar-refractivity contribution in [2.45, 2.75) is 103 Å². The van der Waals surface area contributed by atoms with E-state index in [2.05, 4.69) is 29.7 Å². The van der Waals surface area contributed by atoms with E-state index in [1.807, 2.05) is 18.2 Å². The van der Waals surface area contributed by atoms with Gasteiger partial charge in [-0.15, -0.1) is 0 Å². The molecule has 31 heavy (non-hydrogen) atoms. The van der Waals surface area contributed by atoms with E-state index in [9.17, 15) is 9.59 Å². The second kappa shape index (κ2) is 19.2. The number of nitrogens with one attached hydrogen (secondary N) is 2. The molecule has 0 saturated heterocycles. The average molecular weight is 449 g/mol. The maximum absolute atomic E-state index is 12.5. The first-order valence-electron chi connectivity index (χ1n) is 12.3. The molecule has 0 aromatic heterocycles. The molecule has 0 heterocycles. The van der Waals surface area contributed by atoms with E-state index < -0.39 is 6.04 Å². The summed E-state index contributed by atoms with van der Waals surface area (Å²) in [5, 5.41) is 5.80. The van der Waals surface area contributed by atoms with Gasteiger partial charge in [-0.3, -0.25) is 9.59 Å². The first-order valence-corrected chi connectivity index (χ1v) is 13.5. The number of thioether (sulfide) groups is 1. The van der Waals surface area contributed by atoms with E-state index in [0.29, 0.717) is 12.3 Å². The van der Waals surface area contributed by atoms with Crippen LogP contribution in [0.3, 0.4) is 0 Å². The zero-order valence-electron chi connectivity index (χ0n) is 19.8. The monoisotopic (exact) mass is 448 g/mol. The molecule has 1 aromatic carbocycles. The molecule has 0 radical (unpaired) electrons. The normalized spacial score (nSPS) is 11.8. The van der Waals surface area contributed by atoms with Crippen LogP contribution in [0.2, 0.25) is 0 Å². The molecular weight excluding hydrogens is 404 g/mol. The van der Waals surface area contributed by atoms with Crippen molar-refractivity contribution in [1.82, 2.24) is 10.6 Å². The maximum atomic E-state index is 12.5. The molecule has 0 saturated carbocycles. The third-order valence-electron chi connectivity index (χ3n) is 5.42. The average Bonchev–Trinajstić information content (AvgIpc) is 2.76. The van der Waals surface area contributed by atoms with Gasteiger partial charge in [-0.25, -0.2) is 0 Å². The summed E-state index contributed by atoms with van der Waals surface area (Å²) >= 11 is 1.67. The Morgan fingerprint density at radius 3 is 1.94 bits per heavy atom. The van der Waals surface area contributed by atoms with Gasteiger partial charge in [0.2, 0.25) is 11.8 Å². The molecule has 0 aliphatic carbocycles. The van der Waals surface area contributed by atoms with E-state index in [-0.39, 0.29) is 11.8 Å². The molecule has 0 bridgehead atoms. The smallest absolute Gasteiger partial charge is 0.243 e. The SMILES string of the molecule is CCCCCCCCCCCCCCNC(=O)[C@H](CSCc1ccccc1)NC(C)=O. The molecule has 4 nitrogen and oxygen atoms in total. The van der Waals surface area contributed by atoms with Crippen LogP contribution < -0.4 is 10.6 Å². The molecule has 2 N–H and O–H groups in total. The fourth-order valence-electron chi connectivity index (χ4n) is 3.60. The van der Waals surface area contributed by atoms with Crippen LogP contribution in [0, 0.1) is 0 Å². The molecule has 0 fully saturated rings. The lowest BCUT2D eigenvalue weighted by atomic mass is 10.1. The van der Waals surface area contributed by atoms with Crippen molar-refractivity contribution in [2.24, 2.45) is 0 Å². The Morgan fingerprint density at radius 2 is 1.39 bits per heavy atom. The summed E-state index contributed by atoms with van der Waals surface area (Å²) in [7, 11) is 0. The van der Waals surface area contributed by atoms with Crippen LogP contribution in [-0.2, 0) is 15.3 Å². The summed E-state index contributed by atoms with van der Waals surface area (Å²) in [6, 6.07) is 9.72. The first kappa shape index (κ1) is 27.5. The van der Waals surface area contributed by atoms with Crippen molar-refractivity contribution in [3.63, 3.8) is 0 Å². The lowest BCUT2D eigenvalue weighted by Gasteiger charge is -2.17. The zero-order valence-corrected chi connectivity index (χ0v) is 20.6. The third-order valence-corrected chi connectivity index (χ3v) is 6.53. The van der Waals surface area contributed by atoms with Crippen molar-refractivity contribution in [3.05, 3.63) is 35.9 Å². The Bertz CT molecular complexity index is 580. The highest BCUT2D eigenvalue weighted by molar-refractivity contribution is 7.98. The lowest BCUT2D eigenvalue weighted by molar-refractivity contribution is -0.127. The van der Waals surface area contributed by atoms with Crippen LogP contribution in [-0.4, -0.2) is 30.2 Å². The minimum absolute atomic E-state index is 0.0705. The molecule has 0 spiro atoms. The fourth-order valence-corrected chi connectivity index (χ4v) is 4.61. The quantitative estimate of drug-likeness (QED) is 0.246. The summed E-state index contributed by atoms with van der Waals surface area (Å²) < 4.78 is 0. The van der Waals surface area contributed by atoms with Gasteiger partial charge >= 0.3 is 0 Å². The van der Waals surface area contributed by atoms with E-state index in [1.54, 1.807) is 11.8 Å². The van der Waals surface area contributed by atoms with E-state index in [1.165, 1.54) is 76.7 Å². The number of hydrogen-bond donors (Lipinski definition) is 2. The second-order valence-electron chi connectivity index (χ2n) is 8.43. The van der Waals surface area contributed by atoms with Crippen molar-refractivity contribution in [1.29, 1.82) is 0 Å². The molecule has 2 amide bonds. The van der Waals surface area contributed by atoms with E-state index in [4.69, 9.17) is 0 Å². The van der Waals surface area contributed by atoms with Gasteiger partial charge in [-0.2, -0.15) is 11.8 Å². The predicted octanol–water partition coefficient (Wildman–Crippen LogP) is 6.24. The van der Waals surface area contributed by atoms with Gasteiger partial charge < -0.3 is 10.6 Å². The third kappa shape index (κ3) is 15.9. The molecule has 0 aliphatic heterocycles. The largest absolute Gasteiger partial charge is 0.354 e. The van der Waals surface area contributed by atoms with Gasteiger partial charge in [0.15, 0.2) is 0 Å². The second-order valence-corrected chi connectivity index (χ2v) is 9.46. The lowest BCUT2D eigenvalue weighted by Crippen LogP contribution is -2.47. The van der Waals surface area contributed by atoms with Gasteiger partial charge in [0, 0.05) is 25.0 Å². The van der Waals surface area contributed by atoms with Crippen LogP contribution in [0.4, 0.5) is 0 Å². The highest BCUT2D eigenvalue weighted by Gasteiger charge is 2.18. The number of carbonyl (C=O) groups excluding carboxylic acids is 2. The number of benzene rings is 1. The van der Waals surface area contributed by atoms with Gasteiger partial charge in [0.1, 0.15) is 6.04 Å². The van der Waals surface area contributed by atoms with E-state index in [0.717, 1.165) is 18.6 Å². The van der Waals surface area contributed by atoms with Crippen molar-refractivity contribution in [2.75, 3.05) is 12.3 Å². The Labute approximate surface area is 194 Å². The maximum Gasteiger partial charge on any atom is 0.243 e. The zero-order chi connectivity index (χ0) is 22.6. The highest BCUT2D eigenvalue weighted by Crippen LogP contribution is 2.14. The van der Waals surface area contributed by atoms with Crippen LogP contribution in [0.5, 0.6) is 0 Å². The van der Waals surface area contributed by atoms with Crippen molar-refractivity contribution < 1.29 is 9.59 Å². The summed E-state index contributed by atoms with van der Waals surface area (Å²) in [4.78, 5) is 24.0.